The van der Waals surface area contributed by atoms with E-state index in [1.165, 1.54) is 12.0 Å². The lowest BCUT2D eigenvalue weighted by Crippen LogP contribution is -2.29. The van der Waals surface area contributed by atoms with Gasteiger partial charge in [-0.25, -0.2) is 4.79 Å². The molecule has 190 valence electrons. The van der Waals surface area contributed by atoms with Crippen LogP contribution in [0.2, 0.25) is 0 Å². The van der Waals surface area contributed by atoms with Crippen LogP contribution in [0.3, 0.4) is 0 Å². The second-order valence-corrected chi connectivity index (χ2v) is 8.76. The molecule has 3 aromatic rings. The van der Waals surface area contributed by atoms with Crippen molar-refractivity contribution in [2.75, 3.05) is 13.7 Å². The lowest BCUT2D eigenvalue weighted by Gasteiger charge is -2.25. The minimum absolute atomic E-state index is 0.0162. The molecule has 7 heteroatoms. The molecule has 4 rings (SSSR count). The van der Waals surface area contributed by atoms with Crippen LogP contribution in [-0.2, 0) is 20.9 Å². The minimum atomic E-state index is -0.850. The molecule has 0 bridgehead atoms. The Bertz CT molecular complexity index is 1310. The average Bonchev–Trinajstić information content (AvgIpc) is 3.18. The van der Waals surface area contributed by atoms with Crippen molar-refractivity contribution in [3.63, 3.8) is 0 Å². The second kappa shape index (κ2) is 11.6. The molecule has 1 aliphatic rings. The number of carbonyl (C=O) groups is 3. The predicted molar refractivity (Wildman–Crippen MR) is 139 cm³/mol. The Morgan fingerprint density at radius 3 is 2.35 bits per heavy atom. The SMILES string of the molecule is CCCCOc1cccc(/C(O)=C2\C(=O)C(=O)N(Cc3ccccc3)C2c2ccc(C(=O)OC)cc2)c1. The van der Waals surface area contributed by atoms with Gasteiger partial charge in [0.2, 0.25) is 0 Å². The van der Waals surface area contributed by atoms with Crippen LogP contribution in [-0.4, -0.2) is 41.4 Å². The zero-order valence-corrected chi connectivity index (χ0v) is 20.8. The summed E-state index contributed by atoms with van der Waals surface area (Å²) in [5, 5.41) is 11.4. The van der Waals surface area contributed by atoms with E-state index < -0.39 is 23.7 Å². The first-order valence-electron chi connectivity index (χ1n) is 12.2. The van der Waals surface area contributed by atoms with Crippen LogP contribution in [0, 0.1) is 0 Å². The molecule has 7 nitrogen and oxygen atoms in total. The van der Waals surface area contributed by atoms with Gasteiger partial charge in [-0.3, -0.25) is 9.59 Å². The second-order valence-electron chi connectivity index (χ2n) is 8.76. The number of benzene rings is 3. The lowest BCUT2D eigenvalue weighted by molar-refractivity contribution is -0.140. The van der Waals surface area contributed by atoms with Crippen molar-refractivity contribution in [2.24, 2.45) is 0 Å². The maximum absolute atomic E-state index is 13.3. The zero-order chi connectivity index (χ0) is 26.4. The third-order valence-corrected chi connectivity index (χ3v) is 6.26. The Labute approximate surface area is 215 Å². The van der Waals surface area contributed by atoms with Crippen LogP contribution in [0.25, 0.3) is 5.76 Å². The van der Waals surface area contributed by atoms with Crippen molar-refractivity contribution >= 4 is 23.4 Å². The number of ether oxygens (including phenoxy) is 2. The maximum Gasteiger partial charge on any atom is 0.337 e. The highest BCUT2D eigenvalue weighted by atomic mass is 16.5. The Balaban J connectivity index is 1.79. The standard InChI is InChI=1S/C30H29NO6/c1-3-4-17-37-24-12-8-11-23(18-24)27(32)25-26(21-13-15-22(16-14-21)30(35)36-2)31(29(34)28(25)33)19-20-9-6-5-7-10-20/h5-16,18,26,32H,3-4,17,19H2,1-2H3/b27-25+. The normalized spacial score (nSPS) is 16.6. The number of aliphatic hydroxyl groups is 1. The molecule has 1 saturated heterocycles. The molecule has 0 spiro atoms. The third-order valence-electron chi connectivity index (χ3n) is 6.26. The molecule has 1 amide bonds. The van der Waals surface area contributed by atoms with Crippen LogP contribution in [0.4, 0.5) is 0 Å². The molecule has 37 heavy (non-hydrogen) atoms. The summed E-state index contributed by atoms with van der Waals surface area (Å²) in [6.07, 6.45) is 1.88. The van der Waals surface area contributed by atoms with Crippen molar-refractivity contribution in [2.45, 2.75) is 32.4 Å². The van der Waals surface area contributed by atoms with Crippen LogP contribution < -0.4 is 4.74 Å². The van der Waals surface area contributed by atoms with Crippen LogP contribution in [0.5, 0.6) is 5.75 Å². The Morgan fingerprint density at radius 1 is 0.946 bits per heavy atom. The number of aliphatic hydroxyl groups excluding tert-OH is 1. The van der Waals surface area contributed by atoms with Crippen molar-refractivity contribution in [3.05, 3.63) is 107 Å². The molecule has 1 N–H and O–H groups in total. The van der Waals surface area contributed by atoms with Gasteiger partial charge in [0.1, 0.15) is 11.5 Å². The Hall–Kier alpha value is -4.39. The monoisotopic (exact) mass is 499 g/mol. The van der Waals surface area contributed by atoms with E-state index in [9.17, 15) is 19.5 Å². The Kier molecular flexibility index (Phi) is 8.03. The smallest absolute Gasteiger partial charge is 0.337 e. The van der Waals surface area contributed by atoms with Gasteiger partial charge in [-0.15, -0.1) is 0 Å². The van der Waals surface area contributed by atoms with Crippen molar-refractivity contribution in [3.8, 4) is 5.75 Å². The van der Waals surface area contributed by atoms with E-state index in [0.717, 1.165) is 18.4 Å². The topological polar surface area (TPSA) is 93.1 Å². The quantitative estimate of drug-likeness (QED) is 0.142. The van der Waals surface area contributed by atoms with Crippen molar-refractivity contribution < 1.29 is 29.0 Å². The zero-order valence-electron chi connectivity index (χ0n) is 20.8. The lowest BCUT2D eigenvalue weighted by atomic mass is 9.94. The van der Waals surface area contributed by atoms with Crippen LogP contribution in [0.15, 0.2) is 84.4 Å². The van der Waals surface area contributed by atoms with Gasteiger partial charge in [-0.05, 0) is 41.8 Å². The van der Waals surface area contributed by atoms with E-state index in [4.69, 9.17) is 9.47 Å². The first-order valence-corrected chi connectivity index (χ1v) is 12.2. The molecule has 1 unspecified atom stereocenters. The van der Waals surface area contributed by atoms with Gasteiger partial charge in [0.25, 0.3) is 11.7 Å². The van der Waals surface area contributed by atoms with E-state index >= 15 is 0 Å². The molecule has 1 heterocycles. The summed E-state index contributed by atoms with van der Waals surface area (Å²) in [6.45, 7) is 2.78. The van der Waals surface area contributed by atoms with Crippen molar-refractivity contribution in [1.29, 1.82) is 0 Å². The first-order chi connectivity index (χ1) is 17.9. The number of methoxy groups -OCH3 is 1. The van der Waals surface area contributed by atoms with E-state index in [0.29, 0.717) is 29.0 Å². The number of likely N-dealkylation sites (tertiary alicyclic amines) is 1. The number of ketones is 1. The fourth-order valence-electron chi connectivity index (χ4n) is 4.31. The number of carbonyl (C=O) groups excluding carboxylic acids is 3. The molecule has 0 aliphatic carbocycles. The number of amides is 1. The number of nitrogens with zero attached hydrogens (tertiary/aromatic N) is 1. The first kappa shape index (κ1) is 25.7. The number of hydrogen-bond acceptors (Lipinski definition) is 6. The maximum atomic E-state index is 13.3. The number of hydrogen-bond donors (Lipinski definition) is 1. The minimum Gasteiger partial charge on any atom is -0.507 e. The fourth-order valence-corrected chi connectivity index (χ4v) is 4.31. The van der Waals surface area contributed by atoms with Crippen LogP contribution >= 0.6 is 0 Å². The highest BCUT2D eigenvalue weighted by molar-refractivity contribution is 6.46. The summed E-state index contributed by atoms with van der Waals surface area (Å²) in [7, 11) is 1.30. The van der Waals surface area contributed by atoms with E-state index in [-0.39, 0.29) is 17.9 Å². The van der Waals surface area contributed by atoms with Gasteiger partial charge >= 0.3 is 5.97 Å². The van der Waals surface area contributed by atoms with E-state index in [2.05, 4.69) is 6.92 Å². The van der Waals surface area contributed by atoms with Gasteiger partial charge in [-0.2, -0.15) is 0 Å². The molecule has 0 saturated carbocycles. The summed E-state index contributed by atoms with van der Waals surface area (Å²) in [4.78, 5) is 39.9. The molecule has 1 fully saturated rings. The van der Waals surface area contributed by atoms with Crippen molar-refractivity contribution in [1.82, 2.24) is 4.90 Å². The summed E-state index contributed by atoms with van der Waals surface area (Å²) in [5.74, 6) is -1.69. The summed E-state index contributed by atoms with van der Waals surface area (Å²) in [6, 6.07) is 21.8. The molecule has 0 radical (unpaired) electrons. The van der Waals surface area contributed by atoms with Gasteiger partial charge in [0.05, 0.1) is 30.9 Å². The van der Waals surface area contributed by atoms with Gasteiger partial charge in [0.15, 0.2) is 0 Å². The number of esters is 1. The largest absolute Gasteiger partial charge is 0.507 e. The van der Waals surface area contributed by atoms with Gasteiger partial charge in [0, 0.05) is 12.1 Å². The molecule has 3 aromatic carbocycles. The van der Waals surface area contributed by atoms with E-state index in [1.807, 2.05) is 30.3 Å². The highest BCUT2D eigenvalue weighted by Gasteiger charge is 2.46. The Morgan fingerprint density at radius 2 is 1.68 bits per heavy atom. The molecular formula is C30H29NO6. The fraction of sp³-hybridized carbons (Fsp3) is 0.233. The number of unbranched alkanes of at least 4 members (excludes halogenated alkanes) is 1. The molecular weight excluding hydrogens is 470 g/mol. The predicted octanol–water partition coefficient (Wildman–Crippen LogP) is 5.27. The summed E-state index contributed by atoms with van der Waals surface area (Å²) < 4.78 is 10.5. The van der Waals surface area contributed by atoms with Gasteiger partial charge < -0.3 is 19.5 Å². The molecule has 0 aromatic heterocycles. The number of Topliss-reactive ketones (excluding diaryl/α,β-unsaturated/α-hetero) is 1. The summed E-state index contributed by atoms with van der Waals surface area (Å²) in [5.41, 5.74) is 2.12. The highest BCUT2D eigenvalue weighted by Crippen LogP contribution is 2.40. The average molecular weight is 500 g/mol. The van der Waals surface area contributed by atoms with Crippen LogP contribution in [0.1, 0.15) is 52.9 Å². The summed E-state index contributed by atoms with van der Waals surface area (Å²) >= 11 is 0. The number of rotatable bonds is 9. The molecule has 1 atom stereocenters. The van der Waals surface area contributed by atoms with E-state index in [1.54, 1.807) is 48.5 Å². The molecule has 1 aliphatic heterocycles. The van der Waals surface area contributed by atoms with Gasteiger partial charge in [-0.1, -0.05) is 67.9 Å². The third kappa shape index (κ3) is 5.56.